The molecule has 0 saturated heterocycles. The standard InChI is InChI=1S/C19H17N5O2/c1-13-11-14(2)23(22-13)17-9-5-16(6-10-17)21-19(12-20)15-3-7-18(8-4-15)24(25)26/h3-11,19,21H,1-2H3. The van der Waals surface area contributed by atoms with E-state index in [1.165, 1.54) is 12.1 Å². The Morgan fingerprint density at radius 3 is 2.31 bits per heavy atom. The minimum atomic E-state index is -0.602. The van der Waals surface area contributed by atoms with Crippen molar-refractivity contribution in [2.24, 2.45) is 0 Å². The van der Waals surface area contributed by atoms with Gasteiger partial charge in [-0.1, -0.05) is 0 Å². The fourth-order valence-electron chi connectivity index (χ4n) is 2.73. The maximum atomic E-state index is 10.7. The minimum absolute atomic E-state index is 0.000298. The predicted molar refractivity (Wildman–Crippen MR) is 98.1 cm³/mol. The first-order valence-corrected chi connectivity index (χ1v) is 8.02. The molecule has 1 unspecified atom stereocenters. The van der Waals surface area contributed by atoms with Gasteiger partial charge in [0.05, 0.1) is 22.4 Å². The third-order valence-electron chi connectivity index (χ3n) is 4.00. The van der Waals surface area contributed by atoms with Crippen LogP contribution in [0.2, 0.25) is 0 Å². The van der Waals surface area contributed by atoms with Crippen molar-refractivity contribution in [3.8, 4) is 11.8 Å². The molecule has 0 bridgehead atoms. The molecule has 0 amide bonds. The van der Waals surface area contributed by atoms with E-state index in [0.717, 1.165) is 22.8 Å². The van der Waals surface area contributed by atoms with Crippen LogP contribution >= 0.6 is 0 Å². The molecule has 0 aliphatic heterocycles. The number of nitrogens with one attached hydrogen (secondary N) is 1. The number of non-ortho nitro benzene ring substituents is 1. The third kappa shape index (κ3) is 3.54. The number of benzene rings is 2. The van der Waals surface area contributed by atoms with E-state index < -0.39 is 11.0 Å². The van der Waals surface area contributed by atoms with Gasteiger partial charge in [0.1, 0.15) is 6.04 Å². The minimum Gasteiger partial charge on any atom is -0.366 e. The van der Waals surface area contributed by atoms with E-state index in [1.807, 2.05) is 48.9 Å². The molecule has 1 heterocycles. The Morgan fingerprint density at radius 1 is 1.15 bits per heavy atom. The molecule has 0 fully saturated rings. The highest BCUT2D eigenvalue weighted by molar-refractivity contribution is 5.52. The van der Waals surface area contributed by atoms with Crippen LogP contribution in [-0.2, 0) is 0 Å². The maximum absolute atomic E-state index is 10.7. The van der Waals surface area contributed by atoms with Crippen molar-refractivity contribution < 1.29 is 4.92 Å². The molecule has 1 aromatic heterocycles. The summed E-state index contributed by atoms with van der Waals surface area (Å²) in [6.45, 7) is 3.94. The summed E-state index contributed by atoms with van der Waals surface area (Å²) in [5, 5.41) is 27.7. The van der Waals surface area contributed by atoms with Crippen LogP contribution in [0.15, 0.2) is 54.6 Å². The summed E-state index contributed by atoms with van der Waals surface area (Å²) in [5.74, 6) is 0. The van der Waals surface area contributed by atoms with E-state index in [1.54, 1.807) is 12.1 Å². The van der Waals surface area contributed by atoms with Crippen LogP contribution in [0.1, 0.15) is 23.0 Å². The van der Waals surface area contributed by atoms with E-state index in [2.05, 4.69) is 16.5 Å². The third-order valence-corrected chi connectivity index (χ3v) is 4.00. The smallest absolute Gasteiger partial charge is 0.269 e. The van der Waals surface area contributed by atoms with E-state index >= 15 is 0 Å². The van der Waals surface area contributed by atoms with Gasteiger partial charge in [0.15, 0.2) is 0 Å². The van der Waals surface area contributed by atoms with Gasteiger partial charge in [-0.2, -0.15) is 10.4 Å². The van der Waals surface area contributed by atoms with Crippen LogP contribution in [0.25, 0.3) is 5.69 Å². The van der Waals surface area contributed by atoms with Crippen LogP contribution in [0.3, 0.4) is 0 Å². The van der Waals surface area contributed by atoms with E-state index in [4.69, 9.17) is 0 Å². The number of nitro groups is 1. The van der Waals surface area contributed by atoms with Gasteiger partial charge in [-0.15, -0.1) is 0 Å². The zero-order chi connectivity index (χ0) is 18.7. The summed E-state index contributed by atoms with van der Waals surface area (Å²) < 4.78 is 1.86. The quantitative estimate of drug-likeness (QED) is 0.554. The van der Waals surface area contributed by atoms with Crippen LogP contribution in [0.4, 0.5) is 11.4 Å². The Bertz CT molecular complexity index is 969. The molecule has 3 rings (SSSR count). The normalized spacial score (nSPS) is 11.6. The molecule has 0 saturated carbocycles. The largest absolute Gasteiger partial charge is 0.366 e. The van der Waals surface area contributed by atoms with E-state index in [-0.39, 0.29) is 5.69 Å². The van der Waals surface area contributed by atoms with E-state index in [9.17, 15) is 15.4 Å². The summed E-state index contributed by atoms with van der Waals surface area (Å²) >= 11 is 0. The second kappa shape index (κ2) is 7.07. The van der Waals surface area contributed by atoms with Gasteiger partial charge in [-0.25, -0.2) is 4.68 Å². The first-order valence-electron chi connectivity index (χ1n) is 8.02. The average molecular weight is 347 g/mol. The fraction of sp³-hybridized carbons (Fsp3) is 0.158. The van der Waals surface area contributed by atoms with Gasteiger partial charge in [-0.3, -0.25) is 10.1 Å². The first kappa shape index (κ1) is 17.2. The first-order chi connectivity index (χ1) is 12.5. The molecule has 1 atom stereocenters. The van der Waals surface area contributed by atoms with E-state index in [0.29, 0.717) is 5.56 Å². The number of aryl methyl sites for hydroxylation is 2. The second-order valence-electron chi connectivity index (χ2n) is 5.94. The number of aromatic nitrogens is 2. The molecule has 2 aromatic carbocycles. The second-order valence-corrected chi connectivity index (χ2v) is 5.94. The Kier molecular flexibility index (Phi) is 4.67. The van der Waals surface area contributed by atoms with Gasteiger partial charge in [0.2, 0.25) is 0 Å². The summed E-state index contributed by atoms with van der Waals surface area (Å²) in [5.41, 5.74) is 4.38. The molecule has 0 radical (unpaired) electrons. The number of hydrogen-bond acceptors (Lipinski definition) is 5. The Morgan fingerprint density at radius 2 is 1.81 bits per heavy atom. The number of anilines is 1. The van der Waals surface area contributed by atoms with Crippen molar-refractivity contribution in [2.75, 3.05) is 5.32 Å². The Hall–Kier alpha value is -3.66. The van der Waals surface area contributed by atoms with Crippen molar-refractivity contribution in [2.45, 2.75) is 19.9 Å². The van der Waals surface area contributed by atoms with Gasteiger partial charge in [0.25, 0.3) is 5.69 Å². The highest BCUT2D eigenvalue weighted by atomic mass is 16.6. The lowest BCUT2D eigenvalue weighted by molar-refractivity contribution is -0.384. The lowest BCUT2D eigenvalue weighted by Crippen LogP contribution is -2.08. The molecule has 0 aliphatic rings. The molecule has 1 N–H and O–H groups in total. The predicted octanol–water partition coefficient (Wildman–Crippen LogP) is 4.07. The Balaban J connectivity index is 1.77. The van der Waals surface area contributed by atoms with Crippen LogP contribution in [0, 0.1) is 35.3 Å². The highest BCUT2D eigenvalue weighted by Gasteiger charge is 2.13. The molecule has 130 valence electrons. The average Bonchev–Trinajstić information content (AvgIpc) is 2.98. The molecule has 0 aliphatic carbocycles. The summed E-state index contributed by atoms with van der Waals surface area (Å²) in [7, 11) is 0. The summed E-state index contributed by atoms with van der Waals surface area (Å²) in [4.78, 5) is 10.3. The molecule has 3 aromatic rings. The van der Waals surface area contributed by atoms with Crippen LogP contribution in [0.5, 0.6) is 0 Å². The fourth-order valence-corrected chi connectivity index (χ4v) is 2.73. The van der Waals surface area contributed by atoms with Crippen molar-refractivity contribution in [3.05, 3.63) is 81.7 Å². The van der Waals surface area contributed by atoms with Crippen molar-refractivity contribution in [1.29, 1.82) is 5.26 Å². The van der Waals surface area contributed by atoms with Gasteiger partial charge < -0.3 is 5.32 Å². The van der Waals surface area contributed by atoms with Gasteiger partial charge >= 0.3 is 0 Å². The molecule has 7 heteroatoms. The lowest BCUT2D eigenvalue weighted by Gasteiger charge is -2.14. The van der Waals surface area contributed by atoms with Gasteiger partial charge in [-0.05, 0) is 61.9 Å². The SMILES string of the molecule is Cc1cc(C)n(-c2ccc(NC(C#N)c3ccc([N+](=O)[O-])cc3)cc2)n1. The molecule has 0 spiro atoms. The zero-order valence-corrected chi connectivity index (χ0v) is 14.4. The number of nitro benzene ring substituents is 1. The van der Waals surface area contributed by atoms with Crippen molar-refractivity contribution in [3.63, 3.8) is 0 Å². The maximum Gasteiger partial charge on any atom is 0.269 e. The lowest BCUT2D eigenvalue weighted by atomic mass is 10.1. The zero-order valence-electron chi connectivity index (χ0n) is 14.4. The Labute approximate surface area is 150 Å². The topological polar surface area (TPSA) is 96.8 Å². The number of rotatable bonds is 5. The monoisotopic (exact) mass is 347 g/mol. The number of nitrogens with zero attached hydrogens (tertiary/aromatic N) is 4. The molecule has 7 nitrogen and oxygen atoms in total. The van der Waals surface area contributed by atoms with Crippen molar-refractivity contribution >= 4 is 11.4 Å². The van der Waals surface area contributed by atoms with Crippen LogP contribution in [-0.4, -0.2) is 14.7 Å². The summed E-state index contributed by atoms with van der Waals surface area (Å²) in [6.07, 6.45) is 0. The van der Waals surface area contributed by atoms with Crippen molar-refractivity contribution in [1.82, 2.24) is 9.78 Å². The summed E-state index contributed by atoms with van der Waals surface area (Å²) in [6, 6.07) is 17.1. The van der Waals surface area contributed by atoms with Crippen LogP contribution < -0.4 is 5.32 Å². The molecular weight excluding hydrogens is 330 g/mol. The molecule has 26 heavy (non-hydrogen) atoms. The molecular formula is C19H17N5O2. The van der Waals surface area contributed by atoms with Gasteiger partial charge in [0, 0.05) is 23.5 Å². The number of nitriles is 1. The highest BCUT2D eigenvalue weighted by Crippen LogP contribution is 2.23. The number of hydrogen-bond donors (Lipinski definition) is 1.